The third-order valence-electron chi connectivity index (χ3n) is 4.06. The smallest absolute Gasteiger partial charge is 0.270 e. The summed E-state index contributed by atoms with van der Waals surface area (Å²) in [5.41, 5.74) is 0. The lowest BCUT2D eigenvalue weighted by Crippen LogP contribution is -2.04. The molecule has 110 valence electrons. The lowest BCUT2D eigenvalue weighted by atomic mass is 9.94. The van der Waals surface area contributed by atoms with E-state index in [0.29, 0.717) is 10.8 Å². The van der Waals surface area contributed by atoms with Gasteiger partial charge in [-0.05, 0) is 28.3 Å². The van der Waals surface area contributed by atoms with Crippen LogP contribution in [0, 0.1) is 5.82 Å². The highest BCUT2D eigenvalue weighted by molar-refractivity contribution is 7.87. The molecule has 0 atom stereocenters. The molecule has 0 bridgehead atoms. The predicted octanol–water partition coefficient (Wildman–Crippen LogP) is 4.06. The van der Waals surface area contributed by atoms with Gasteiger partial charge in [-0.15, -0.1) is 0 Å². The molecule has 0 fully saturated rings. The standard InChI is InChI=1S/C17H11FO3S/c1-21-22(19,20)15-9-5-11-2-6-12-14(18)8-4-10-3-7-13(15)17(11)16(10)12/h2-9H,1H3. The molecule has 0 aliphatic carbocycles. The average Bonchev–Trinajstić information content (AvgIpc) is 2.54. The SMILES string of the molecule is COS(=O)(=O)c1ccc2ccc3c(F)ccc4ccc1c2c43. The van der Waals surface area contributed by atoms with Crippen LogP contribution in [0.15, 0.2) is 53.4 Å². The van der Waals surface area contributed by atoms with E-state index in [2.05, 4.69) is 4.18 Å². The molecule has 0 saturated heterocycles. The molecule has 0 aliphatic rings. The molecule has 4 rings (SSSR count). The quantitative estimate of drug-likeness (QED) is 0.414. The van der Waals surface area contributed by atoms with E-state index in [-0.39, 0.29) is 10.7 Å². The van der Waals surface area contributed by atoms with E-state index in [1.165, 1.54) is 12.1 Å². The van der Waals surface area contributed by atoms with Crippen molar-refractivity contribution in [1.29, 1.82) is 0 Å². The van der Waals surface area contributed by atoms with Gasteiger partial charge in [0.1, 0.15) is 10.7 Å². The molecule has 0 spiro atoms. The normalized spacial score (nSPS) is 12.6. The summed E-state index contributed by atoms with van der Waals surface area (Å²) in [6.07, 6.45) is 0. The maximum Gasteiger partial charge on any atom is 0.297 e. The largest absolute Gasteiger partial charge is 0.297 e. The molecule has 0 unspecified atom stereocenters. The minimum absolute atomic E-state index is 0.0983. The molecule has 4 aromatic rings. The molecule has 0 saturated carbocycles. The molecular formula is C17H11FO3S. The van der Waals surface area contributed by atoms with Gasteiger partial charge in [-0.25, -0.2) is 4.39 Å². The predicted molar refractivity (Wildman–Crippen MR) is 84.3 cm³/mol. The van der Waals surface area contributed by atoms with Gasteiger partial charge in [-0.1, -0.05) is 36.4 Å². The van der Waals surface area contributed by atoms with E-state index in [9.17, 15) is 12.8 Å². The van der Waals surface area contributed by atoms with E-state index in [1.807, 2.05) is 0 Å². The molecule has 4 aromatic carbocycles. The first kappa shape index (κ1) is 13.4. The monoisotopic (exact) mass is 314 g/mol. The highest BCUT2D eigenvalue weighted by Gasteiger charge is 2.20. The summed E-state index contributed by atoms with van der Waals surface area (Å²) in [6.45, 7) is 0. The second-order valence-electron chi connectivity index (χ2n) is 5.15. The lowest BCUT2D eigenvalue weighted by Gasteiger charge is -2.13. The van der Waals surface area contributed by atoms with Crippen LogP contribution in [-0.2, 0) is 14.3 Å². The second kappa shape index (κ2) is 4.38. The zero-order valence-corrected chi connectivity index (χ0v) is 12.4. The van der Waals surface area contributed by atoms with E-state index in [0.717, 1.165) is 28.7 Å². The fraction of sp³-hybridized carbons (Fsp3) is 0.0588. The summed E-state index contributed by atoms with van der Waals surface area (Å²) in [7, 11) is -2.69. The zero-order valence-electron chi connectivity index (χ0n) is 11.6. The number of benzene rings is 4. The van der Waals surface area contributed by atoms with E-state index >= 15 is 0 Å². The summed E-state index contributed by atoms with van der Waals surface area (Å²) in [5.74, 6) is -0.318. The summed E-state index contributed by atoms with van der Waals surface area (Å²) in [6, 6.07) is 13.4. The van der Waals surface area contributed by atoms with Crippen molar-refractivity contribution < 1.29 is 17.0 Å². The van der Waals surface area contributed by atoms with Crippen molar-refractivity contribution in [2.45, 2.75) is 4.90 Å². The van der Waals surface area contributed by atoms with Gasteiger partial charge < -0.3 is 0 Å². The van der Waals surface area contributed by atoms with Crippen LogP contribution in [0.1, 0.15) is 0 Å². The van der Waals surface area contributed by atoms with Crippen molar-refractivity contribution in [3.63, 3.8) is 0 Å². The molecule has 22 heavy (non-hydrogen) atoms. The third-order valence-corrected chi connectivity index (χ3v) is 5.39. The van der Waals surface area contributed by atoms with Crippen LogP contribution in [-0.4, -0.2) is 15.5 Å². The van der Waals surface area contributed by atoms with E-state index < -0.39 is 10.1 Å². The van der Waals surface area contributed by atoms with Crippen LogP contribution in [0.25, 0.3) is 32.3 Å². The van der Waals surface area contributed by atoms with Crippen molar-refractivity contribution >= 4 is 42.4 Å². The number of hydrogen-bond donors (Lipinski definition) is 0. The van der Waals surface area contributed by atoms with Crippen molar-refractivity contribution in [2.75, 3.05) is 7.11 Å². The Morgan fingerprint density at radius 1 is 0.818 bits per heavy atom. The molecule has 0 aliphatic heterocycles. The second-order valence-corrected chi connectivity index (χ2v) is 6.84. The molecule has 0 heterocycles. The van der Waals surface area contributed by atoms with Crippen molar-refractivity contribution in [2.24, 2.45) is 0 Å². The van der Waals surface area contributed by atoms with Gasteiger partial charge in [0, 0.05) is 16.2 Å². The highest BCUT2D eigenvalue weighted by atomic mass is 32.2. The number of halogens is 1. The van der Waals surface area contributed by atoms with Gasteiger partial charge in [0.05, 0.1) is 7.11 Å². The fourth-order valence-electron chi connectivity index (χ4n) is 3.05. The average molecular weight is 314 g/mol. The van der Waals surface area contributed by atoms with Crippen LogP contribution in [0.2, 0.25) is 0 Å². The topological polar surface area (TPSA) is 43.4 Å². The van der Waals surface area contributed by atoms with E-state index in [4.69, 9.17) is 0 Å². The molecule has 0 radical (unpaired) electrons. The summed E-state index contributed by atoms with van der Waals surface area (Å²) >= 11 is 0. The van der Waals surface area contributed by atoms with Crippen LogP contribution >= 0.6 is 0 Å². The number of hydrogen-bond acceptors (Lipinski definition) is 3. The minimum Gasteiger partial charge on any atom is -0.270 e. The van der Waals surface area contributed by atoms with Gasteiger partial charge in [0.2, 0.25) is 0 Å². The maximum absolute atomic E-state index is 14.1. The van der Waals surface area contributed by atoms with Crippen LogP contribution in [0.5, 0.6) is 0 Å². The van der Waals surface area contributed by atoms with Gasteiger partial charge in [-0.2, -0.15) is 8.42 Å². The molecule has 0 amide bonds. The first-order chi connectivity index (χ1) is 10.5. The van der Waals surface area contributed by atoms with Crippen LogP contribution < -0.4 is 0 Å². The van der Waals surface area contributed by atoms with Crippen LogP contribution in [0.3, 0.4) is 0 Å². The Balaban J connectivity index is 2.32. The van der Waals surface area contributed by atoms with Crippen molar-refractivity contribution in [3.05, 3.63) is 54.3 Å². The molecule has 0 aromatic heterocycles. The Bertz CT molecular complexity index is 1130. The minimum atomic E-state index is -3.83. The highest BCUT2D eigenvalue weighted by Crippen LogP contribution is 2.38. The Morgan fingerprint density at radius 3 is 2.05 bits per heavy atom. The molecule has 5 heteroatoms. The van der Waals surface area contributed by atoms with Gasteiger partial charge >= 0.3 is 0 Å². The summed E-state index contributed by atoms with van der Waals surface area (Å²) in [5, 5.41) is 4.26. The zero-order chi connectivity index (χ0) is 15.5. The maximum atomic E-state index is 14.1. The molecule has 3 nitrogen and oxygen atoms in total. The Morgan fingerprint density at radius 2 is 1.36 bits per heavy atom. The van der Waals surface area contributed by atoms with Gasteiger partial charge in [-0.3, -0.25) is 4.18 Å². The molecule has 0 N–H and O–H groups in total. The van der Waals surface area contributed by atoms with Crippen molar-refractivity contribution in [3.8, 4) is 0 Å². The van der Waals surface area contributed by atoms with Gasteiger partial charge in [0.25, 0.3) is 10.1 Å². The first-order valence-corrected chi connectivity index (χ1v) is 8.10. The summed E-state index contributed by atoms with van der Waals surface area (Å²) < 4.78 is 43.0. The number of rotatable bonds is 2. The lowest BCUT2D eigenvalue weighted by molar-refractivity contribution is 0.398. The van der Waals surface area contributed by atoms with Gasteiger partial charge in [0.15, 0.2) is 0 Å². The van der Waals surface area contributed by atoms with Crippen LogP contribution in [0.4, 0.5) is 4.39 Å². The van der Waals surface area contributed by atoms with E-state index in [1.54, 1.807) is 36.4 Å². The molecular weight excluding hydrogens is 303 g/mol. The third kappa shape index (κ3) is 1.66. The first-order valence-electron chi connectivity index (χ1n) is 6.69. The fourth-order valence-corrected chi connectivity index (χ4v) is 3.90. The van der Waals surface area contributed by atoms with Crippen molar-refractivity contribution in [1.82, 2.24) is 0 Å². The Labute approximate surface area is 126 Å². The Hall–Kier alpha value is -2.24. The summed E-state index contributed by atoms with van der Waals surface area (Å²) in [4.78, 5) is 0.0983. The Kier molecular flexibility index (Phi) is 2.67.